The first-order chi connectivity index (χ1) is 13.3. The number of carbonyl (C=O) groups is 2. The average Bonchev–Trinajstić information content (AvgIpc) is 2.61. The van der Waals surface area contributed by atoms with Crippen molar-refractivity contribution in [2.24, 2.45) is 0 Å². The topological polar surface area (TPSA) is 93.1 Å². The third kappa shape index (κ3) is 7.78. The maximum absolute atomic E-state index is 10.7. The van der Waals surface area contributed by atoms with Crippen LogP contribution >= 0.6 is 0 Å². The van der Waals surface area contributed by atoms with E-state index in [0.29, 0.717) is 12.8 Å². The normalized spacial score (nSPS) is 9.50. The number of phenols is 2. The summed E-state index contributed by atoms with van der Waals surface area (Å²) in [4.78, 5) is 21.3. The molecule has 0 saturated heterocycles. The second-order valence-electron chi connectivity index (χ2n) is 5.78. The number of ether oxygens (including phenoxy) is 2. The van der Waals surface area contributed by atoms with Gasteiger partial charge in [-0.15, -0.1) is 13.2 Å². The Kier molecular flexibility index (Phi) is 9.03. The molecule has 0 aliphatic heterocycles. The van der Waals surface area contributed by atoms with Crippen molar-refractivity contribution in [3.05, 3.63) is 72.8 Å². The van der Waals surface area contributed by atoms with Crippen LogP contribution < -0.4 is 9.47 Å². The van der Waals surface area contributed by atoms with Gasteiger partial charge >= 0.3 is 11.9 Å². The van der Waals surface area contributed by atoms with Gasteiger partial charge in [-0.25, -0.2) is 0 Å². The van der Waals surface area contributed by atoms with Crippen molar-refractivity contribution in [1.82, 2.24) is 0 Å². The van der Waals surface area contributed by atoms with Crippen LogP contribution in [0, 0.1) is 0 Å². The van der Waals surface area contributed by atoms with Crippen LogP contribution in [-0.2, 0) is 22.4 Å². The molecule has 0 bridgehead atoms. The molecule has 0 aliphatic carbocycles. The summed E-state index contributed by atoms with van der Waals surface area (Å²) in [6.45, 7) is 9.77. The summed E-state index contributed by atoms with van der Waals surface area (Å²) in [5.74, 6) is -0.581. The number of hydrogen-bond donors (Lipinski definition) is 2. The molecule has 148 valence electrons. The zero-order chi connectivity index (χ0) is 21.1. The van der Waals surface area contributed by atoms with Gasteiger partial charge in [0.15, 0.2) is 23.0 Å². The number of allylic oxidation sites excluding steroid dienone is 2. The molecular weight excluding hydrogens is 360 g/mol. The van der Waals surface area contributed by atoms with E-state index in [1.165, 1.54) is 19.9 Å². The Bertz CT molecular complexity index is 854. The quantitative estimate of drug-likeness (QED) is 0.443. The minimum atomic E-state index is -0.448. The number of esters is 2. The molecule has 0 aliphatic rings. The zero-order valence-electron chi connectivity index (χ0n) is 16.0. The molecule has 6 heteroatoms. The summed E-state index contributed by atoms with van der Waals surface area (Å²) in [6, 6.07) is 9.77. The van der Waals surface area contributed by atoms with Crippen LogP contribution in [0.2, 0.25) is 0 Å². The van der Waals surface area contributed by atoms with Crippen LogP contribution in [0.15, 0.2) is 61.7 Å². The highest BCUT2D eigenvalue weighted by molar-refractivity contribution is 5.71. The minimum Gasteiger partial charge on any atom is -0.504 e. The molecule has 0 atom stereocenters. The lowest BCUT2D eigenvalue weighted by atomic mass is 10.1. The Morgan fingerprint density at radius 3 is 1.82 bits per heavy atom. The van der Waals surface area contributed by atoms with Crippen LogP contribution in [0.1, 0.15) is 25.0 Å². The van der Waals surface area contributed by atoms with E-state index in [9.17, 15) is 19.8 Å². The fraction of sp³-hybridized carbons (Fsp3) is 0.182. The number of hydrogen-bond acceptors (Lipinski definition) is 6. The molecule has 2 rings (SSSR count). The molecule has 0 spiro atoms. The summed E-state index contributed by atoms with van der Waals surface area (Å²) in [5, 5.41) is 18.8. The van der Waals surface area contributed by atoms with E-state index >= 15 is 0 Å². The summed E-state index contributed by atoms with van der Waals surface area (Å²) < 4.78 is 9.57. The van der Waals surface area contributed by atoms with E-state index in [2.05, 4.69) is 13.2 Å². The third-order valence-electron chi connectivity index (χ3n) is 3.32. The maximum atomic E-state index is 10.7. The fourth-order valence-corrected chi connectivity index (χ4v) is 2.19. The van der Waals surface area contributed by atoms with E-state index in [0.717, 1.165) is 11.1 Å². The van der Waals surface area contributed by atoms with Crippen molar-refractivity contribution in [1.29, 1.82) is 0 Å². The number of carbonyl (C=O) groups excluding carboxylic acids is 2. The highest BCUT2D eigenvalue weighted by atomic mass is 16.5. The highest BCUT2D eigenvalue weighted by Crippen LogP contribution is 2.28. The van der Waals surface area contributed by atoms with Gasteiger partial charge in [-0.1, -0.05) is 24.3 Å². The van der Waals surface area contributed by atoms with E-state index in [1.54, 1.807) is 42.5 Å². The molecule has 6 nitrogen and oxygen atoms in total. The second kappa shape index (κ2) is 11.2. The average molecular weight is 384 g/mol. The largest absolute Gasteiger partial charge is 0.504 e. The van der Waals surface area contributed by atoms with Gasteiger partial charge in [-0.05, 0) is 48.2 Å². The van der Waals surface area contributed by atoms with Crippen LogP contribution in [0.4, 0.5) is 0 Å². The molecule has 2 aromatic rings. The highest BCUT2D eigenvalue weighted by Gasteiger charge is 2.06. The van der Waals surface area contributed by atoms with Crippen molar-refractivity contribution >= 4 is 11.9 Å². The first kappa shape index (κ1) is 22.5. The number of aromatic hydroxyl groups is 2. The predicted octanol–water partition coefficient (Wildman–Crippen LogP) is 4.09. The Balaban J connectivity index is 0.000000280. The van der Waals surface area contributed by atoms with Gasteiger partial charge in [0.25, 0.3) is 0 Å². The SMILES string of the molecule is C=CCc1ccc(O)c(OC(C)=O)c1.C=CCc1ccc(OC(C)=O)c(O)c1. The third-order valence-corrected chi connectivity index (χ3v) is 3.32. The monoisotopic (exact) mass is 384 g/mol. The van der Waals surface area contributed by atoms with E-state index in [1.807, 2.05) is 0 Å². The number of benzene rings is 2. The predicted molar refractivity (Wildman–Crippen MR) is 107 cm³/mol. The summed E-state index contributed by atoms with van der Waals surface area (Å²) in [6.07, 6.45) is 4.83. The fourth-order valence-electron chi connectivity index (χ4n) is 2.19. The lowest BCUT2D eigenvalue weighted by molar-refractivity contribution is -0.132. The van der Waals surface area contributed by atoms with Crippen molar-refractivity contribution in [2.75, 3.05) is 0 Å². The lowest BCUT2D eigenvalue weighted by Crippen LogP contribution is -2.01. The van der Waals surface area contributed by atoms with Crippen LogP contribution in [0.3, 0.4) is 0 Å². The summed E-state index contributed by atoms with van der Waals surface area (Å²) >= 11 is 0. The van der Waals surface area contributed by atoms with E-state index in [-0.39, 0.29) is 23.0 Å². The molecule has 0 fully saturated rings. The first-order valence-corrected chi connectivity index (χ1v) is 8.49. The molecule has 0 saturated carbocycles. The molecule has 2 N–H and O–H groups in total. The van der Waals surface area contributed by atoms with Crippen LogP contribution in [-0.4, -0.2) is 22.2 Å². The van der Waals surface area contributed by atoms with Gasteiger partial charge in [-0.2, -0.15) is 0 Å². The second-order valence-corrected chi connectivity index (χ2v) is 5.78. The standard InChI is InChI=1S/2C11H12O3/c1-3-4-9-5-6-11(10(13)7-9)14-8(2)12;1-3-4-9-5-6-10(13)11(7-9)14-8(2)12/h2*3,5-7,13H,1,4H2,2H3. The molecule has 0 radical (unpaired) electrons. The van der Waals surface area contributed by atoms with Crippen LogP contribution in [0.25, 0.3) is 0 Å². The van der Waals surface area contributed by atoms with Crippen molar-refractivity contribution < 1.29 is 29.3 Å². The van der Waals surface area contributed by atoms with E-state index in [4.69, 9.17) is 9.47 Å². The van der Waals surface area contributed by atoms with Gasteiger partial charge < -0.3 is 19.7 Å². The number of rotatable bonds is 6. The Labute approximate surface area is 164 Å². The molecule has 2 aromatic carbocycles. The van der Waals surface area contributed by atoms with Crippen molar-refractivity contribution in [3.63, 3.8) is 0 Å². The lowest BCUT2D eigenvalue weighted by Gasteiger charge is -2.05. The van der Waals surface area contributed by atoms with Crippen molar-refractivity contribution in [3.8, 4) is 23.0 Å². The molecule has 0 aromatic heterocycles. The Hall–Kier alpha value is -3.54. The van der Waals surface area contributed by atoms with Crippen LogP contribution in [0.5, 0.6) is 23.0 Å². The number of phenolic OH excluding ortho intramolecular Hbond substituents is 2. The Morgan fingerprint density at radius 1 is 0.821 bits per heavy atom. The van der Waals surface area contributed by atoms with Gasteiger partial charge in [0.05, 0.1) is 0 Å². The molecule has 0 heterocycles. The smallest absolute Gasteiger partial charge is 0.308 e. The molecule has 0 amide bonds. The van der Waals surface area contributed by atoms with E-state index < -0.39 is 11.9 Å². The summed E-state index contributed by atoms with van der Waals surface area (Å²) in [5.41, 5.74) is 1.86. The minimum absolute atomic E-state index is 0.0282. The molecule has 28 heavy (non-hydrogen) atoms. The zero-order valence-corrected chi connectivity index (χ0v) is 16.0. The molecular formula is C22H24O6. The maximum Gasteiger partial charge on any atom is 0.308 e. The van der Waals surface area contributed by atoms with Crippen molar-refractivity contribution in [2.45, 2.75) is 26.7 Å². The first-order valence-electron chi connectivity index (χ1n) is 8.49. The van der Waals surface area contributed by atoms with Gasteiger partial charge in [0.2, 0.25) is 0 Å². The van der Waals surface area contributed by atoms with Gasteiger partial charge in [-0.3, -0.25) is 9.59 Å². The molecule has 0 unspecified atom stereocenters. The Morgan fingerprint density at radius 2 is 1.32 bits per heavy atom. The summed E-state index contributed by atoms with van der Waals surface area (Å²) in [7, 11) is 0. The van der Waals surface area contributed by atoms with Gasteiger partial charge in [0, 0.05) is 13.8 Å². The van der Waals surface area contributed by atoms with Gasteiger partial charge in [0.1, 0.15) is 0 Å².